The summed E-state index contributed by atoms with van der Waals surface area (Å²) in [6.45, 7) is 4.45. The number of anilines is 2. The van der Waals surface area contributed by atoms with E-state index in [1.54, 1.807) is 48.2 Å². The zero-order valence-corrected chi connectivity index (χ0v) is 22.7. The molecule has 6 nitrogen and oxygen atoms in total. The lowest BCUT2D eigenvalue weighted by atomic mass is 10.1. The summed E-state index contributed by atoms with van der Waals surface area (Å²) in [4.78, 5) is 20.3. The number of fused-ring (bicyclic) bond motifs is 1. The molecular formula is C30H27N3O3S2. The second-order valence-electron chi connectivity index (χ2n) is 8.87. The third kappa shape index (κ3) is 5.18. The maximum absolute atomic E-state index is 13.8. The van der Waals surface area contributed by atoms with E-state index >= 15 is 0 Å². The van der Waals surface area contributed by atoms with Crippen molar-refractivity contribution < 1.29 is 13.2 Å². The molecule has 1 heterocycles. The Labute approximate surface area is 226 Å². The maximum atomic E-state index is 13.8. The number of aryl methyl sites for hydroxylation is 1. The first-order chi connectivity index (χ1) is 18.4. The Morgan fingerprint density at radius 2 is 1.53 bits per heavy atom. The van der Waals surface area contributed by atoms with Gasteiger partial charge in [0, 0.05) is 12.1 Å². The van der Waals surface area contributed by atoms with Gasteiger partial charge in [-0.05, 0) is 73.5 Å². The van der Waals surface area contributed by atoms with Gasteiger partial charge < -0.3 is 0 Å². The van der Waals surface area contributed by atoms with Crippen LogP contribution in [0, 0.1) is 6.92 Å². The van der Waals surface area contributed by atoms with E-state index in [2.05, 4.69) is 6.07 Å². The van der Waals surface area contributed by atoms with Crippen molar-refractivity contribution >= 4 is 48.3 Å². The number of rotatable bonds is 8. The van der Waals surface area contributed by atoms with Crippen LogP contribution in [0.15, 0.2) is 108 Å². The van der Waals surface area contributed by atoms with E-state index in [0.717, 1.165) is 21.3 Å². The van der Waals surface area contributed by atoms with Gasteiger partial charge in [-0.2, -0.15) is 0 Å². The molecule has 0 aliphatic rings. The first-order valence-electron chi connectivity index (χ1n) is 12.3. The number of sulfonamides is 1. The van der Waals surface area contributed by atoms with Crippen LogP contribution in [-0.2, 0) is 16.6 Å². The Morgan fingerprint density at radius 3 is 2.18 bits per heavy atom. The van der Waals surface area contributed by atoms with Gasteiger partial charge in [-0.15, -0.1) is 0 Å². The molecule has 0 radical (unpaired) electrons. The minimum Gasteiger partial charge on any atom is -0.279 e. The standard InChI is InChI=1S/C30H27N3O3S2/c1-3-33(25-12-8-5-9-13-25)38(35,36)26-17-15-24(16-18-26)29(34)32(21-23-10-6-4-7-11-23)30-31-27-19-14-22(2)20-28(27)37-30/h4-20H,3,21H2,1-2H3. The van der Waals surface area contributed by atoms with Crippen molar-refractivity contribution in [3.8, 4) is 0 Å². The van der Waals surface area contributed by atoms with Crippen LogP contribution in [-0.4, -0.2) is 25.9 Å². The molecule has 1 aromatic heterocycles. The van der Waals surface area contributed by atoms with E-state index < -0.39 is 10.0 Å². The summed E-state index contributed by atoms with van der Waals surface area (Å²) < 4.78 is 29.1. The van der Waals surface area contributed by atoms with Gasteiger partial charge in [0.25, 0.3) is 15.9 Å². The van der Waals surface area contributed by atoms with Gasteiger partial charge in [-0.1, -0.05) is 65.9 Å². The van der Waals surface area contributed by atoms with Crippen LogP contribution in [0.25, 0.3) is 10.2 Å². The summed E-state index contributed by atoms with van der Waals surface area (Å²) in [6, 6.07) is 30.9. The normalized spacial score (nSPS) is 11.4. The molecule has 0 bridgehead atoms. The van der Waals surface area contributed by atoms with Crippen LogP contribution in [0.5, 0.6) is 0 Å². The summed E-state index contributed by atoms with van der Waals surface area (Å²) in [6.07, 6.45) is 0. The van der Waals surface area contributed by atoms with Gasteiger partial charge in [0.2, 0.25) is 0 Å². The van der Waals surface area contributed by atoms with E-state index in [1.165, 1.54) is 27.8 Å². The van der Waals surface area contributed by atoms with Crippen molar-refractivity contribution in [3.05, 3.63) is 120 Å². The molecule has 5 rings (SSSR count). The molecule has 1 amide bonds. The molecule has 0 unspecified atom stereocenters. The van der Waals surface area contributed by atoms with Crippen LogP contribution in [0.4, 0.5) is 10.8 Å². The highest BCUT2D eigenvalue weighted by Gasteiger charge is 2.26. The summed E-state index contributed by atoms with van der Waals surface area (Å²) >= 11 is 1.47. The minimum absolute atomic E-state index is 0.129. The van der Waals surface area contributed by atoms with Crippen LogP contribution in [0.1, 0.15) is 28.4 Å². The molecule has 0 aliphatic heterocycles. The fourth-order valence-electron chi connectivity index (χ4n) is 4.27. The van der Waals surface area contributed by atoms with Crippen molar-refractivity contribution in [1.82, 2.24) is 4.98 Å². The number of amides is 1. The number of aromatic nitrogens is 1. The Bertz CT molecular complexity index is 1670. The maximum Gasteiger partial charge on any atom is 0.264 e. The zero-order valence-electron chi connectivity index (χ0n) is 21.1. The van der Waals surface area contributed by atoms with Gasteiger partial charge >= 0.3 is 0 Å². The van der Waals surface area contributed by atoms with E-state index in [9.17, 15) is 13.2 Å². The first kappa shape index (κ1) is 25.6. The largest absolute Gasteiger partial charge is 0.279 e. The Balaban J connectivity index is 1.48. The molecule has 5 aromatic rings. The van der Waals surface area contributed by atoms with Crippen molar-refractivity contribution in [1.29, 1.82) is 0 Å². The van der Waals surface area contributed by atoms with Gasteiger partial charge in [-0.3, -0.25) is 14.0 Å². The molecule has 8 heteroatoms. The second-order valence-corrected chi connectivity index (χ2v) is 11.7. The van der Waals surface area contributed by atoms with Gasteiger partial charge in [0.1, 0.15) is 0 Å². The number of carbonyl (C=O) groups is 1. The summed E-state index contributed by atoms with van der Waals surface area (Å²) in [5.74, 6) is -0.246. The van der Waals surface area contributed by atoms with E-state index in [4.69, 9.17) is 4.98 Å². The molecule has 0 fully saturated rings. The van der Waals surface area contributed by atoms with Crippen LogP contribution in [0.3, 0.4) is 0 Å². The van der Waals surface area contributed by atoms with E-state index in [1.807, 2.05) is 55.5 Å². The molecule has 0 atom stereocenters. The fraction of sp³-hybridized carbons (Fsp3) is 0.133. The number of thiazole rings is 1. The molecule has 0 spiro atoms. The van der Waals surface area contributed by atoms with Crippen molar-refractivity contribution in [2.75, 3.05) is 15.7 Å². The molecule has 0 N–H and O–H groups in total. The topological polar surface area (TPSA) is 70.6 Å². The Morgan fingerprint density at radius 1 is 0.868 bits per heavy atom. The highest BCUT2D eigenvalue weighted by Crippen LogP contribution is 2.32. The SMILES string of the molecule is CCN(c1ccccc1)S(=O)(=O)c1ccc(C(=O)N(Cc2ccccc2)c2nc3ccc(C)cc3s2)cc1. The smallest absolute Gasteiger partial charge is 0.264 e. The van der Waals surface area contributed by atoms with Crippen LogP contribution < -0.4 is 9.21 Å². The van der Waals surface area contributed by atoms with Crippen molar-refractivity contribution in [2.45, 2.75) is 25.3 Å². The lowest BCUT2D eigenvalue weighted by molar-refractivity contribution is 0.0985. The van der Waals surface area contributed by atoms with E-state index in [-0.39, 0.29) is 17.3 Å². The van der Waals surface area contributed by atoms with Gasteiger partial charge in [0.15, 0.2) is 5.13 Å². The Kier molecular flexibility index (Phi) is 7.26. The van der Waals surface area contributed by atoms with Crippen molar-refractivity contribution in [2.24, 2.45) is 0 Å². The van der Waals surface area contributed by atoms with Gasteiger partial charge in [-0.25, -0.2) is 13.4 Å². The molecule has 0 saturated carbocycles. The summed E-state index contributed by atoms with van der Waals surface area (Å²) in [5.41, 5.74) is 3.91. The molecule has 0 saturated heterocycles. The second kappa shape index (κ2) is 10.8. The number of hydrogen-bond acceptors (Lipinski definition) is 5. The number of benzene rings is 4. The quantitative estimate of drug-likeness (QED) is 0.220. The Hall–Kier alpha value is -4.01. The van der Waals surface area contributed by atoms with Crippen LogP contribution >= 0.6 is 11.3 Å². The molecule has 38 heavy (non-hydrogen) atoms. The monoisotopic (exact) mass is 541 g/mol. The molecule has 0 aliphatic carbocycles. The highest BCUT2D eigenvalue weighted by molar-refractivity contribution is 7.92. The summed E-state index contributed by atoms with van der Waals surface area (Å²) in [7, 11) is -3.79. The first-order valence-corrected chi connectivity index (χ1v) is 14.5. The van der Waals surface area contributed by atoms with E-state index in [0.29, 0.717) is 22.9 Å². The number of nitrogens with zero attached hydrogens (tertiary/aromatic N) is 3. The molecule has 192 valence electrons. The number of carbonyl (C=O) groups excluding carboxylic acids is 1. The van der Waals surface area contributed by atoms with Gasteiger partial charge in [0.05, 0.1) is 27.3 Å². The fourth-order valence-corrected chi connectivity index (χ4v) is 6.80. The minimum atomic E-state index is -3.79. The number of hydrogen-bond donors (Lipinski definition) is 0. The third-order valence-electron chi connectivity index (χ3n) is 6.21. The van der Waals surface area contributed by atoms with Crippen molar-refractivity contribution in [3.63, 3.8) is 0 Å². The summed E-state index contributed by atoms with van der Waals surface area (Å²) in [5, 5.41) is 0.595. The third-order valence-corrected chi connectivity index (χ3v) is 9.17. The lowest BCUT2D eigenvalue weighted by Crippen LogP contribution is -2.31. The lowest BCUT2D eigenvalue weighted by Gasteiger charge is -2.23. The zero-order chi connectivity index (χ0) is 26.7. The number of para-hydroxylation sites is 1. The average Bonchev–Trinajstić information content (AvgIpc) is 3.36. The van der Waals surface area contributed by atoms with Crippen LogP contribution in [0.2, 0.25) is 0 Å². The average molecular weight is 542 g/mol. The molecule has 4 aromatic carbocycles. The molecular weight excluding hydrogens is 514 g/mol. The predicted octanol–water partition coefficient (Wildman–Crippen LogP) is 6.67. The predicted molar refractivity (Wildman–Crippen MR) is 154 cm³/mol. The highest BCUT2D eigenvalue weighted by atomic mass is 32.2.